The molecule has 320 valence electrons. The largest absolute Gasteiger partial charge is 0.472 e. The molecule has 3 N–H and O–H groups in total. The molecule has 9 nitrogen and oxygen atoms in total. The van der Waals surface area contributed by atoms with Crippen molar-refractivity contribution in [3.63, 3.8) is 0 Å². The van der Waals surface area contributed by atoms with Crippen LogP contribution >= 0.6 is 7.82 Å². The predicted molar refractivity (Wildman–Crippen MR) is 224 cm³/mol. The number of phosphoric acid groups is 1. The van der Waals surface area contributed by atoms with E-state index in [0.29, 0.717) is 6.42 Å². The van der Waals surface area contributed by atoms with Crippen molar-refractivity contribution in [3.05, 3.63) is 12.2 Å². The number of phosphoric ester groups is 1. The van der Waals surface area contributed by atoms with Crippen molar-refractivity contribution in [3.8, 4) is 0 Å². The first-order valence-electron chi connectivity index (χ1n) is 22.7. The van der Waals surface area contributed by atoms with Crippen molar-refractivity contribution >= 4 is 19.8 Å². The molecule has 0 spiro atoms. The lowest BCUT2D eigenvalue weighted by Gasteiger charge is -2.19. The summed E-state index contributed by atoms with van der Waals surface area (Å²) in [5, 5.41) is 0. The minimum Gasteiger partial charge on any atom is -0.462 e. The molecular weight excluding hydrogens is 701 g/mol. The van der Waals surface area contributed by atoms with Crippen LogP contribution in [0, 0.1) is 0 Å². The third kappa shape index (κ3) is 40.4. The Kier molecular flexibility index (Phi) is 40.4. The molecule has 54 heavy (non-hydrogen) atoms. The molecule has 0 radical (unpaired) electrons. The van der Waals surface area contributed by atoms with Crippen LogP contribution in [0.1, 0.15) is 226 Å². The molecule has 0 saturated heterocycles. The Balaban J connectivity index is 4.10. The van der Waals surface area contributed by atoms with Crippen LogP contribution in [0.3, 0.4) is 0 Å². The van der Waals surface area contributed by atoms with E-state index in [1.54, 1.807) is 0 Å². The molecule has 0 aromatic rings. The second-order valence-electron chi connectivity index (χ2n) is 15.3. The Morgan fingerprint density at radius 1 is 0.537 bits per heavy atom. The van der Waals surface area contributed by atoms with E-state index in [1.807, 2.05) is 0 Å². The molecule has 2 atom stereocenters. The summed E-state index contributed by atoms with van der Waals surface area (Å²) in [6.07, 6.45) is 42.4. The predicted octanol–water partition coefficient (Wildman–Crippen LogP) is 13.0. The van der Waals surface area contributed by atoms with Gasteiger partial charge in [-0.25, -0.2) is 4.57 Å². The van der Waals surface area contributed by atoms with Crippen molar-refractivity contribution in [2.45, 2.75) is 232 Å². The molecule has 0 amide bonds. The second kappa shape index (κ2) is 41.4. The summed E-state index contributed by atoms with van der Waals surface area (Å²) in [7, 11) is -4.37. The zero-order valence-corrected chi connectivity index (χ0v) is 36.1. The van der Waals surface area contributed by atoms with Crippen molar-refractivity contribution in [2.75, 3.05) is 26.4 Å². The van der Waals surface area contributed by atoms with Gasteiger partial charge in [0.05, 0.1) is 13.2 Å². The monoisotopic (exact) mass is 788 g/mol. The van der Waals surface area contributed by atoms with Gasteiger partial charge >= 0.3 is 19.8 Å². The fourth-order valence-electron chi connectivity index (χ4n) is 6.51. The second-order valence-corrected chi connectivity index (χ2v) is 16.7. The number of esters is 2. The van der Waals surface area contributed by atoms with Gasteiger partial charge in [-0.1, -0.05) is 187 Å². The van der Waals surface area contributed by atoms with Crippen molar-refractivity contribution < 1.29 is 37.6 Å². The summed E-state index contributed by atoms with van der Waals surface area (Å²) in [4.78, 5) is 34.9. The highest BCUT2D eigenvalue weighted by atomic mass is 31.2. The highest BCUT2D eigenvalue weighted by molar-refractivity contribution is 7.47. The SMILES string of the molecule is CCCCCCCCC/C=C\CCCCCCCC(=O)OC(COC(=O)CCCCCCCCCCCCCCCCCCC)COP(=O)(O)OCCN. The van der Waals surface area contributed by atoms with Crippen LogP contribution in [0.25, 0.3) is 0 Å². The quantitative estimate of drug-likeness (QED) is 0.0268. The van der Waals surface area contributed by atoms with Crippen LogP contribution < -0.4 is 5.73 Å². The van der Waals surface area contributed by atoms with Gasteiger partial charge in [-0.3, -0.25) is 18.6 Å². The molecule has 0 fully saturated rings. The number of hydrogen-bond acceptors (Lipinski definition) is 8. The molecule has 2 unspecified atom stereocenters. The number of nitrogens with two attached hydrogens (primary N) is 1. The number of hydrogen-bond donors (Lipinski definition) is 2. The zero-order chi connectivity index (χ0) is 39.6. The number of allylic oxidation sites excluding steroid dienone is 2. The summed E-state index contributed by atoms with van der Waals surface area (Å²) >= 11 is 0. The first kappa shape index (κ1) is 52.8. The first-order valence-corrected chi connectivity index (χ1v) is 24.2. The third-order valence-electron chi connectivity index (χ3n) is 9.90. The number of rotatable bonds is 43. The minimum absolute atomic E-state index is 0.0549. The minimum atomic E-state index is -4.37. The maximum atomic E-state index is 12.6. The Morgan fingerprint density at radius 3 is 1.31 bits per heavy atom. The Morgan fingerprint density at radius 2 is 0.907 bits per heavy atom. The van der Waals surface area contributed by atoms with Crippen LogP contribution in [-0.2, 0) is 32.7 Å². The smallest absolute Gasteiger partial charge is 0.462 e. The molecular formula is C44H86NO8P. The molecule has 0 aromatic carbocycles. The molecule has 0 heterocycles. The van der Waals surface area contributed by atoms with Gasteiger partial charge in [0, 0.05) is 19.4 Å². The standard InChI is InChI=1S/C44H86NO8P/c1-3-5-7-9-11-13-15-17-19-21-23-24-26-28-30-32-34-36-43(46)50-40-42(41-52-54(48,49)51-39-38-45)53-44(47)37-35-33-31-29-27-25-22-20-18-16-14-12-10-8-6-4-2/h20,22,42H,3-19,21,23-41,45H2,1-2H3,(H,48,49)/b22-20-. The van der Waals surface area contributed by atoms with Gasteiger partial charge in [0.15, 0.2) is 6.10 Å². The lowest BCUT2D eigenvalue weighted by Crippen LogP contribution is -2.29. The van der Waals surface area contributed by atoms with Crippen molar-refractivity contribution in [1.82, 2.24) is 0 Å². The van der Waals surface area contributed by atoms with E-state index in [4.69, 9.17) is 24.3 Å². The van der Waals surface area contributed by atoms with Gasteiger partial charge in [0.25, 0.3) is 0 Å². The summed E-state index contributed by atoms with van der Waals surface area (Å²) in [6.45, 7) is 3.76. The van der Waals surface area contributed by atoms with Crippen LogP contribution in [0.5, 0.6) is 0 Å². The molecule has 10 heteroatoms. The van der Waals surface area contributed by atoms with Gasteiger partial charge in [-0.2, -0.15) is 0 Å². The first-order chi connectivity index (χ1) is 26.3. The lowest BCUT2D eigenvalue weighted by molar-refractivity contribution is -0.161. The van der Waals surface area contributed by atoms with E-state index < -0.39 is 26.5 Å². The van der Waals surface area contributed by atoms with E-state index in [1.165, 1.54) is 141 Å². The van der Waals surface area contributed by atoms with E-state index in [9.17, 15) is 19.0 Å². The lowest BCUT2D eigenvalue weighted by atomic mass is 10.0. The normalized spacial score (nSPS) is 13.3. The summed E-state index contributed by atoms with van der Waals surface area (Å²) in [6, 6.07) is 0. The summed E-state index contributed by atoms with van der Waals surface area (Å²) < 4.78 is 32.8. The highest BCUT2D eigenvalue weighted by Gasteiger charge is 2.26. The maximum absolute atomic E-state index is 12.6. The average Bonchev–Trinajstić information content (AvgIpc) is 3.16. The summed E-state index contributed by atoms with van der Waals surface area (Å²) in [5.74, 6) is -0.826. The van der Waals surface area contributed by atoms with Gasteiger partial charge < -0.3 is 20.1 Å². The fourth-order valence-corrected chi connectivity index (χ4v) is 7.28. The van der Waals surface area contributed by atoms with Gasteiger partial charge in [-0.15, -0.1) is 0 Å². The van der Waals surface area contributed by atoms with Crippen molar-refractivity contribution in [2.24, 2.45) is 5.73 Å². The highest BCUT2D eigenvalue weighted by Crippen LogP contribution is 2.43. The van der Waals surface area contributed by atoms with E-state index in [-0.39, 0.29) is 38.6 Å². The molecule has 0 rings (SSSR count). The van der Waals surface area contributed by atoms with E-state index in [2.05, 4.69) is 26.0 Å². The molecule has 0 aliphatic carbocycles. The molecule has 0 aromatic heterocycles. The van der Waals surface area contributed by atoms with Crippen LogP contribution in [0.2, 0.25) is 0 Å². The topological polar surface area (TPSA) is 134 Å². The van der Waals surface area contributed by atoms with Crippen molar-refractivity contribution in [1.29, 1.82) is 0 Å². The number of ether oxygens (including phenoxy) is 2. The van der Waals surface area contributed by atoms with Crippen LogP contribution in [-0.4, -0.2) is 49.3 Å². The van der Waals surface area contributed by atoms with Crippen LogP contribution in [0.4, 0.5) is 0 Å². The fraction of sp³-hybridized carbons (Fsp3) is 0.909. The number of carbonyl (C=O) groups is 2. The average molecular weight is 788 g/mol. The number of carbonyl (C=O) groups excluding carboxylic acids is 2. The zero-order valence-electron chi connectivity index (χ0n) is 35.2. The van der Waals surface area contributed by atoms with E-state index in [0.717, 1.165) is 51.4 Å². The Hall–Kier alpha value is -1.25. The summed E-state index contributed by atoms with van der Waals surface area (Å²) in [5.41, 5.74) is 5.35. The van der Waals surface area contributed by atoms with E-state index >= 15 is 0 Å². The molecule has 0 saturated carbocycles. The Bertz CT molecular complexity index is 902. The third-order valence-corrected chi connectivity index (χ3v) is 10.9. The van der Waals surface area contributed by atoms with Gasteiger partial charge in [-0.05, 0) is 38.5 Å². The van der Waals surface area contributed by atoms with Gasteiger partial charge in [0.2, 0.25) is 0 Å². The maximum Gasteiger partial charge on any atom is 0.472 e. The number of unbranched alkanes of at least 4 members (excludes halogenated alkanes) is 28. The van der Waals surface area contributed by atoms with Gasteiger partial charge in [0.1, 0.15) is 6.61 Å². The molecule has 0 bridgehead atoms. The van der Waals surface area contributed by atoms with Crippen LogP contribution in [0.15, 0.2) is 12.2 Å². The Labute approximate surface area is 332 Å². The molecule has 0 aliphatic heterocycles. The molecule has 0 aliphatic rings.